The van der Waals surface area contributed by atoms with E-state index in [0.29, 0.717) is 19.3 Å². The number of aliphatic hydroxyl groups excluding tert-OH is 1. The number of methoxy groups -OCH3 is 3. The highest BCUT2D eigenvalue weighted by molar-refractivity contribution is 6.07. The molecule has 0 radical (unpaired) electrons. The summed E-state index contributed by atoms with van der Waals surface area (Å²) in [6.45, 7) is 1.97. The van der Waals surface area contributed by atoms with Gasteiger partial charge in [0, 0.05) is 6.42 Å². The predicted molar refractivity (Wildman–Crippen MR) is 87.3 cm³/mol. The Morgan fingerprint density at radius 1 is 1.12 bits per heavy atom. The van der Waals surface area contributed by atoms with Gasteiger partial charge in [0.25, 0.3) is 0 Å². The lowest BCUT2D eigenvalue weighted by molar-refractivity contribution is -0.147. The number of hydrogen-bond acceptors (Lipinski definition) is 7. The van der Waals surface area contributed by atoms with Crippen LogP contribution in [0.2, 0.25) is 0 Å². The lowest BCUT2D eigenvalue weighted by Gasteiger charge is -2.34. The van der Waals surface area contributed by atoms with Crippen LogP contribution in [0.15, 0.2) is 23.0 Å². The molecule has 1 N–H and O–H groups in total. The van der Waals surface area contributed by atoms with Crippen LogP contribution >= 0.6 is 0 Å². The van der Waals surface area contributed by atoms with Gasteiger partial charge >= 0.3 is 17.9 Å². The monoisotopic (exact) mass is 352 g/mol. The van der Waals surface area contributed by atoms with E-state index in [1.54, 1.807) is 6.08 Å². The molecule has 0 spiro atoms. The van der Waals surface area contributed by atoms with E-state index in [9.17, 15) is 19.5 Å². The second-order valence-corrected chi connectivity index (χ2v) is 6.76. The summed E-state index contributed by atoms with van der Waals surface area (Å²) in [7, 11) is 3.73. The molecule has 7 nitrogen and oxygen atoms in total. The van der Waals surface area contributed by atoms with Gasteiger partial charge in [-0.2, -0.15) is 0 Å². The van der Waals surface area contributed by atoms with Crippen molar-refractivity contribution in [1.82, 2.24) is 0 Å². The molecule has 0 aliphatic heterocycles. The summed E-state index contributed by atoms with van der Waals surface area (Å²) < 4.78 is 14.4. The van der Waals surface area contributed by atoms with Crippen LogP contribution in [0.5, 0.6) is 0 Å². The number of aliphatic hydroxyl groups is 1. The Morgan fingerprint density at radius 2 is 1.76 bits per heavy atom. The average Bonchev–Trinajstić information content (AvgIpc) is 2.90. The van der Waals surface area contributed by atoms with Gasteiger partial charge in [0.05, 0.1) is 32.8 Å². The minimum atomic E-state index is -0.793. The zero-order chi connectivity index (χ0) is 18.8. The molecule has 2 rings (SSSR count). The molecule has 2 aliphatic rings. The Morgan fingerprint density at radius 3 is 2.32 bits per heavy atom. The molecule has 1 unspecified atom stereocenters. The van der Waals surface area contributed by atoms with Crippen LogP contribution in [0.3, 0.4) is 0 Å². The molecular weight excluding hydrogens is 328 g/mol. The van der Waals surface area contributed by atoms with Gasteiger partial charge in [0.2, 0.25) is 0 Å². The molecule has 0 saturated heterocycles. The van der Waals surface area contributed by atoms with E-state index in [1.807, 2.05) is 6.92 Å². The number of esters is 3. The maximum Gasteiger partial charge on any atom is 0.342 e. The minimum absolute atomic E-state index is 0.0376. The van der Waals surface area contributed by atoms with Gasteiger partial charge in [-0.15, -0.1) is 0 Å². The fraction of sp³-hybridized carbons (Fsp3) is 0.611. The first kappa shape index (κ1) is 19.0. The van der Waals surface area contributed by atoms with Gasteiger partial charge in [-0.1, -0.05) is 13.0 Å². The summed E-state index contributed by atoms with van der Waals surface area (Å²) in [5.41, 5.74) is -0.597. The van der Waals surface area contributed by atoms with Crippen LogP contribution in [0.4, 0.5) is 0 Å². The fourth-order valence-electron chi connectivity index (χ4n) is 4.06. The van der Waals surface area contributed by atoms with Crippen LogP contribution in [0, 0.1) is 17.3 Å². The third-order valence-corrected chi connectivity index (χ3v) is 5.41. The minimum Gasteiger partial charge on any atom is -0.511 e. The molecule has 0 aromatic heterocycles. The van der Waals surface area contributed by atoms with E-state index in [2.05, 4.69) is 0 Å². The largest absolute Gasteiger partial charge is 0.511 e. The van der Waals surface area contributed by atoms with Gasteiger partial charge in [-0.3, -0.25) is 4.79 Å². The third kappa shape index (κ3) is 3.41. The molecule has 0 aromatic carbocycles. The summed E-state index contributed by atoms with van der Waals surface area (Å²) in [6, 6.07) is 0. The standard InChI is InChI=1S/C18H24O7/c1-18-8-7-10(15(20)23-2)12(18)6-5-11(16(21)24-3)14(13(19)9-18)17(22)25-4/h5,10,12,19H,6-9H2,1-4H3/b11-5+,14-13-/t10-,12?,18-/m1/s1. The van der Waals surface area contributed by atoms with E-state index >= 15 is 0 Å². The number of carbonyl (C=O) groups excluding carboxylic acids is 3. The van der Waals surface area contributed by atoms with Gasteiger partial charge in [0.15, 0.2) is 0 Å². The molecule has 2 aliphatic carbocycles. The van der Waals surface area contributed by atoms with Gasteiger partial charge in [-0.25, -0.2) is 9.59 Å². The van der Waals surface area contributed by atoms with Crippen LogP contribution in [-0.4, -0.2) is 44.3 Å². The first-order chi connectivity index (χ1) is 11.8. The maximum absolute atomic E-state index is 12.1. The molecule has 0 heterocycles. The topological polar surface area (TPSA) is 99.1 Å². The van der Waals surface area contributed by atoms with Crippen molar-refractivity contribution in [1.29, 1.82) is 0 Å². The number of rotatable bonds is 3. The van der Waals surface area contributed by atoms with Crippen molar-refractivity contribution >= 4 is 17.9 Å². The molecule has 3 atom stereocenters. The normalized spacial score (nSPS) is 34.0. The Hall–Kier alpha value is -2.31. The highest BCUT2D eigenvalue weighted by Crippen LogP contribution is 2.53. The van der Waals surface area contributed by atoms with Crippen LogP contribution < -0.4 is 0 Å². The van der Waals surface area contributed by atoms with Crippen molar-refractivity contribution in [3.8, 4) is 0 Å². The maximum atomic E-state index is 12.1. The summed E-state index contributed by atoms with van der Waals surface area (Å²) in [5.74, 6) is -2.46. The SMILES string of the molecule is COC(=O)C1=C(\O)C[C@@]2(C)CC[C@@H](C(=O)OC)C2C/C=C\1C(=O)OC. The molecule has 25 heavy (non-hydrogen) atoms. The molecule has 7 heteroatoms. The lowest BCUT2D eigenvalue weighted by atomic mass is 9.70. The van der Waals surface area contributed by atoms with Crippen LogP contribution in [0.25, 0.3) is 0 Å². The fourth-order valence-corrected chi connectivity index (χ4v) is 4.06. The molecule has 1 saturated carbocycles. The first-order valence-corrected chi connectivity index (χ1v) is 8.16. The van der Waals surface area contributed by atoms with Crippen molar-refractivity contribution in [2.45, 2.75) is 32.6 Å². The number of hydrogen-bond donors (Lipinski definition) is 1. The van der Waals surface area contributed by atoms with Gasteiger partial charge < -0.3 is 19.3 Å². The van der Waals surface area contributed by atoms with Crippen molar-refractivity contribution in [3.63, 3.8) is 0 Å². The van der Waals surface area contributed by atoms with Crippen molar-refractivity contribution < 1.29 is 33.7 Å². The summed E-state index contributed by atoms with van der Waals surface area (Å²) in [5, 5.41) is 10.6. The van der Waals surface area contributed by atoms with E-state index in [1.165, 1.54) is 21.3 Å². The zero-order valence-electron chi connectivity index (χ0n) is 15.0. The molecule has 138 valence electrons. The highest BCUT2D eigenvalue weighted by Gasteiger charge is 2.49. The summed E-state index contributed by atoms with van der Waals surface area (Å²) in [6.07, 6.45) is 3.46. The van der Waals surface area contributed by atoms with Crippen molar-refractivity contribution in [2.24, 2.45) is 17.3 Å². The van der Waals surface area contributed by atoms with E-state index in [-0.39, 0.29) is 46.5 Å². The van der Waals surface area contributed by atoms with Gasteiger partial charge in [-0.05, 0) is 30.6 Å². The Kier molecular flexibility index (Phi) is 5.55. The van der Waals surface area contributed by atoms with Crippen LogP contribution in [-0.2, 0) is 28.6 Å². The predicted octanol–water partition coefficient (Wildman–Crippen LogP) is 2.07. The number of allylic oxidation sites excluding steroid dienone is 2. The molecule has 0 aromatic rings. The van der Waals surface area contributed by atoms with E-state index in [0.717, 1.165) is 0 Å². The third-order valence-electron chi connectivity index (χ3n) is 5.41. The average molecular weight is 352 g/mol. The second kappa shape index (κ2) is 7.29. The number of carbonyl (C=O) groups is 3. The Balaban J connectivity index is 2.52. The highest BCUT2D eigenvalue weighted by atomic mass is 16.5. The first-order valence-electron chi connectivity index (χ1n) is 8.16. The molecule has 1 fully saturated rings. The lowest BCUT2D eigenvalue weighted by Crippen LogP contribution is -2.32. The second-order valence-electron chi connectivity index (χ2n) is 6.76. The summed E-state index contributed by atoms with van der Waals surface area (Å²) in [4.78, 5) is 36.3. The molecule has 0 amide bonds. The van der Waals surface area contributed by atoms with E-state index in [4.69, 9.17) is 14.2 Å². The zero-order valence-corrected chi connectivity index (χ0v) is 15.0. The van der Waals surface area contributed by atoms with Crippen molar-refractivity contribution in [3.05, 3.63) is 23.0 Å². The molecule has 0 bridgehead atoms. The Bertz CT molecular complexity index is 646. The van der Waals surface area contributed by atoms with Crippen LogP contribution in [0.1, 0.15) is 32.6 Å². The summed E-state index contributed by atoms with van der Waals surface area (Å²) >= 11 is 0. The number of fused-ring (bicyclic) bond motifs is 1. The Labute approximate surface area is 146 Å². The molecular formula is C18H24O7. The number of ether oxygens (including phenoxy) is 3. The van der Waals surface area contributed by atoms with E-state index < -0.39 is 11.9 Å². The quantitative estimate of drug-likeness (QED) is 0.613. The smallest absolute Gasteiger partial charge is 0.342 e. The van der Waals surface area contributed by atoms with Crippen molar-refractivity contribution in [2.75, 3.05) is 21.3 Å². The van der Waals surface area contributed by atoms with Gasteiger partial charge in [0.1, 0.15) is 11.3 Å².